The Morgan fingerprint density at radius 1 is 1.04 bits per heavy atom. The number of hydrogen-bond donors (Lipinski definition) is 1. The summed E-state index contributed by atoms with van der Waals surface area (Å²) in [5.74, 6) is 1.31. The molecule has 0 unspecified atom stereocenters. The van der Waals surface area contributed by atoms with Gasteiger partial charge >= 0.3 is 0 Å². The Morgan fingerprint density at radius 3 is 2.35 bits per heavy atom. The van der Waals surface area contributed by atoms with Crippen LogP contribution in [0.5, 0.6) is 17.2 Å². The van der Waals surface area contributed by atoms with E-state index in [0.29, 0.717) is 28.5 Å². The molecule has 0 atom stereocenters. The second-order valence-corrected chi connectivity index (χ2v) is 4.59. The van der Waals surface area contributed by atoms with E-state index in [1.807, 2.05) is 0 Å². The van der Waals surface area contributed by atoms with Gasteiger partial charge in [0.1, 0.15) is 12.0 Å². The fourth-order valence-electron chi connectivity index (χ4n) is 1.90. The molecule has 0 aromatic heterocycles. The first-order valence-electron chi connectivity index (χ1n) is 6.86. The number of methoxy groups -OCH3 is 2. The first-order chi connectivity index (χ1) is 11.2. The van der Waals surface area contributed by atoms with Gasteiger partial charge in [0.25, 0.3) is 5.91 Å². The van der Waals surface area contributed by atoms with E-state index in [-0.39, 0.29) is 12.5 Å². The Bertz CT molecular complexity index is 682. The standard InChI is InChI=1S/C17H17NO5/c1-21-15-8-5-13(9-16(15)22-2)18-17(20)11-23-14-6-3-12(10-19)4-7-14/h3-10H,11H2,1-2H3,(H,18,20). The molecule has 0 fully saturated rings. The highest BCUT2D eigenvalue weighted by atomic mass is 16.5. The monoisotopic (exact) mass is 315 g/mol. The van der Waals surface area contributed by atoms with Gasteiger partial charge in [0, 0.05) is 17.3 Å². The highest BCUT2D eigenvalue weighted by molar-refractivity contribution is 5.92. The van der Waals surface area contributed by atoms with Crippen LogP contribution >= 0.6 is 0 Å². The van der Waals surface area contributed by atoms with Gasteiger partial charge in [-0.1, -0.05) is 0 Å². The van der Waals surface area contributed by atoms with Gasteiger partial charge in [0.05, 0.1) is 14.2 Å². The zero-order valence-electron chi connectivity index (χ0n) is 12.9. The van der Waals surface area contributed by atoms with Gasteiger partial charge in [-0.05, 0) is 36.4 Å². The molecule has 0 heterocycles. The zero-order valence-corrected chi connectivity index (χ0v) is 12.9. The molecule has 1 amide bonds. The minimum absolute atomic E-state index is 0.144. The highest BCUT2D eigenvalue weighted by Crippen LogP contribution is 2.29. The molecule has 0 bridgehead atoms. The summed E-state index contributed by atoms with van der Waals surface area (Å²) in [4.78, 5) is 22.5. The van der Waals surface area contributed by atoms with Crippen molar-refractivity contribution in [2.24, 2.45) is 0 Å². The Morgan fingerprint density at radius 2 is 1.74 bits per heavy atom. The lowest BCUT2D eigenvalue weighted by Gasteiger charge is -2.11. The van der Waals surface area contributed by atoms with Crippen LogP contribution in [0.15, 0.2) is 42.5 Å². The summed E-state index contributed by atoms with van der Waals surface area (Å²) in [5.41, 5.74) is 1.12. The molecule has 23 heavy (non-hydrogen) atoms. The topological polar surface area (TPSA) is 73.9 Å². The van der Waals surface area contributed by atoms with Crippen molar-refractivity contribution >= 4 is 17.9 Å². The van der Waals surface area contributed by atoms with Gasteiger partial charge in [-0.2, -0.15) is 0 Å². The van der Waals surface area contributed by atoms with Crippen LogP contribution in [0.3, 0.4) is 0 Å². The van der Waals surface area contributed by atoms with Gasteiger partial charge in [-0.25, -0.2) is 0 Å². The largest absolute Gasteiger partial charge is 0.493 e. The van der Waals surface area contributed by atoms with E-state index in [9.17, 15) is 9.59 Å². The highest BCUT2D eigenvalue weighted by Gasteiger charge is 2.08. The van der Waals surface area contributed by atoms with Crippen molar-refractivity contribution in [1.29, 1.82) is 0 Å². The van der Waals surface area contributed by atoms with Gasteiger partial charge in [0.15, 0.2) is 18.1 Å². The Labute approximate surface area is 134 Å². The molecule has 0 radical (unpaired) electrons. The number of hydrogen-bond acceptors (Lipinski definition) is 5. The first kappa shape index (κ1) is 16.4. The maximum Gasteiger partial charge on any atom is 0.262 e. The number of aldehydes is 1. The van der Waals surface area contributed by atoms with Gasteiger partial charge in [-0.15, -0.1) is 0 Å². The van der Waals surface area contributed by atoms with Crippen LogP contribution in [0.4, 0.5) is 5.69 Å². The molecule has 6 heteroatoms. The maximum absolute atomic E-state index is 11.9. The van der Waals surface area contributed by atoms with E-state index in [2.05, 4.69) is 5.32 Å². The van der Waals surface area contributed by atoms with E-state index in [4.69, 9.17) is 14.2 Å². The average Bonchev–Trinajstić information content (AvgIpc) is 2.60. The molecule has 0 aliphatic heterocycles. The van der Waals surface area contributed by atoms with E-state index < -0.39 is 0 Å². The average molecular weight is 315 g/mol. The smallest absolute Gasteiger partial charge is 0.262 e. The molecule has 0 saturated carbocycles. The summed E-state index contributed by atoms with van der Waals surface area (Å²) >= 11 is 0. The number of ether oxygens (including phenoxy) is 3. The van der Waals surface area contributed by atoms with Crippen molar-refractivity contribution in [2.75, 3.05) is 26.1 Å². The van der Waals surface area contributed by atoms with Crippen LogP contribution in [0, 0.1) is 0 Å². The summed E-state index contributed by atoms with van der Waals surface area (Å²) in [6, 6.07) is 11.6. The maximum atomic E-state index is 11.9. The lowest BCUT2D eigenvalue weighted by molar-refractivity contribution is -0.118. The van der Waals surface area contributed by atoms with Crippen molar-refractivity contribution < 1.29 is 23.8 Å². The Balaban J connectivity index is 1.92. The molecule has 0 saturated heterocycles. The van der Waals surface area contributed by atoms with E-state index in [1.165, 1.54) is 7.11 Å². The van der Waals surface area contributed by atoms with Crippen molar-refractivity contribution in [3.05, 3.63) is 48.0 Å². The summed E-state index contributed by atoms with van der Waals surface area (Å²) in [6.07, 6.45) is 0.744. The number of amides is 1. The number of benzene rings is 2. The Kier molecular flexibility index (Phi) is 5.57. The molecular formula is C17H17NO5. The molecular weight excluding hydrogens is 298 g/mol. The molecule has 2 rings (SSSR count). The fourth-order valence-corrected chi connectivity index (χ4v) is 1.90. The number of carbonyl (C=O) groups excluding carboxylic acids is 2. The third kappa shape index (κ3) is 4.47. The second-order valence-electron chi connectivity index (χ2n) is 4.59. The first-order valence-corrected chi connectivity index (χ1v) is 6.86. The molecule has 0 spiro atoms. The van der Waals surface area contributed by atoms with Crippen LogP contribution in [0.25, 0.3) is 0 Å². The second kappa shape index (κ2) is 7.84. The summed E-state index contributed by atoms with van der Waals surface area (Å²) < 4.78 is 15.7. The zero-order chi connectivity index (χ0) is 16.7. The number of carbonyl (C=O) groups is 2. The minimum atomic E-state index is -0.309. The third-order valence-corrected chi connectivity index (χ3v) is 3.05. The number of rotatable bonds is 7. The van der Waals surface area contributed by atoms with Crippen LogP contribution in [0.1, 0.15) is 10.4 Å². The van der Waals surface area contributed by atoms with E-state index >= 15 is 0 Å². The van der Waals surface area contributed by atoms with Crippen LogP contribution in [-0.2, 0) is 4.79 Å². The van der Waals surface area contributed by atoms with Gasteiger partial charge in [0.2, 0.25) is 0 Å². The van der Waals surface area contributed by atoms with Gasteiger partial charge < -0.3 is 19.5 Å². The SMILES string of the molecule is COc1ccc(NC(=O)COc2ccc(C=O)cc2)cc1OC. The molecule has 0 aliphatic rings. The lowest BCUT2D eigenvalue weighted by atomic mass is 10.2. The molecule has 120 valence electrons. The third-order valence-electron chi connectivity index (χ3n) is 3.05. The summed E-state index contributed by atoms with van der Waals surface area (Å²) in [6.45, 7) is -0.144. The van der Waals surface area contributed by atoms with Gasteiger partial charge in [-0.3, -0.25) is 9.59 Å². The number of nitrogens with one attached hydrogen (secondary N) is 1. The quantitative estimate of drug-likeness (QED) is 0.795. The predicted octanol–water partition coefficient (Wildman–Crippen LogP) is 2.53. The lowest BCUT2D eigenvalue weighted by Crippen LogP contribution is -2.20. The minimum Gasteiger partial charge on any atom is -0.493 e. The molecule has 6 nitrogen and oxygen atoms in total. The summed E-state index contributed by atoms with van der Waals surface area (Å²) in [5, 5.41) is 2.71. The van der Waals surface area contributed by atoms with Crippen molar-refractivity contribution in [1.82, 2.24) is 0 Å². The van der Waals surface area contributed by atoms with Crippen molar-refractivity contribution in [3.63, 3.8) is 0 Å². The van der Waals surface area contributed by atoms with Crippen molar-refractivity contribution in [2.45, 2.75) is 0 Å². The van der Waals surface area contributed by atoms with E-state index in [0.717, 1.165) is 6.29 Å². The molecule has 1 N–H and O–H groups in total. The molecule has 2 aromatic rings. The molecule has 0 aliphatic carbocycles. The summed E-state index contributed by atoms with van der Waals surface area (Å²) in [7, 11) is 3.06. The van der Waals surface area contributed by atoms with Crippen molar-refractivity contribution in [3.8, 4) is 17.2 Å². The van der Waals surface area contributed by atoms with Crippen LogP contribution in [0.2, 0.25) is 0 Å². The normalized spacial score (nSPS) is 9.83. The molecule has 2 aromatic carbocycles. The Hall–Kier alpha value is -3.02. The van der Waals surface area contributed by atoms with Crippen LogP contribution in [-0.4, -0.2) is 33.0 Å². The number of anilines is 1. The fraction of sp³-hybridized carbons (Fsp3) is 0.176. The predicted molar refractivity (Wildman–Crippen MR) is 85.5 cm³/mol. The van der Waals surface area contributed by atoms with Crippen LogP contribution < -0.4 is 19.5 Å². The van der Waals surface area contributed by atoms with E-state index in [1.54, 1.807) is 49.6 Å².